The smallest absolute Gasteiger partial charge is 0.0589 e. The van der Waals surface area contributed by atoms with Gasteiger partial charge in [0.15, 0.2) is 0 Å². The van der Waals surface area contributed by atoms with E-state index >= 15 is 0 Å². The second-order valence-corrected chi connectivity index (χ2v) is 5.88. The van der Waals surface area contributed by atoms with Crippen LogP contribution in [0, 0.1) is 5.41 Å². The summed E-state index contributed by atoms with van der Waals surface area (Å²) < 4.78 is 10.8. The fourth-order valence-electron chi connectivity index (χ4n) is 3.08. The number of rotatable bonds is 8. The molecule has 0 atom stereocenters. The SMILES string of the molecule is COCCN(CC1(COC)CCNCC1)C1CC1. The first kappa shape index (κ1) is 14.3. The highest BCUT2D eigenvalue weighted by Crippen LogP contribution is 2.35. The van der Waals surface area contributed by atoms with Gasteiger partial charge in [-0.05, 0) is 38.8 Å². The Balaban J connectivity index is 1.91. The monoisotopic (exact) mass is 256 g/mol. The number of nitrogens with one attached hydrogen (secondary N) is 1. The fraction of sp³-hybridized carbons (Fsp3) is 1.00. The zero-order valence-corrected chi connectivity index (χ0v) is 11.9. The lowest BCUT2D eigenvalue weighted by atomic mass is 9.79. The van der Waals surface area contributed by atoms with Crippen LogP contribution in [0.1, 0.15) is 25.7 Å². The minimum Gasteiger partial charge on any atom is -0.384 e. The van der Waals surface area contributed by atoms with Gasteiger partial charge in [-0.2, -0.15) is 0 Å². The van der Waals surface area contributed by atoms with Gasteiger partial charge in [-0.1, -0.05) is 0 Å². The average molecular weight is 256 g/mol. The number of methoxy groups -OCH3 is 2. The first-order valence-electron chi connectivity index (χ1n) is 7.22. The van der Waals surface area contributed by atoms with E-state index in [1.165, 1.54) is 32.2 Å². The van der Waals surface area contributed by atoms with Gasteiger partial charge in [-0.3, -0.25) is 4.90 Å². The topological polar surface area (TPSA) is 33.7 Å². The molecule has 18 heavy (non-hydrogen) atoms. The first-order valence-corrected chi connectivity index (χ1v) is 7.22. The van der Waals surface area contributed by atoms with Crippen molar-refractivity contribution in [3.63, 3.8) is 0 Å². The van der Waals surface area contributed by atoms with E-state index in [-0.39, 0.29) is 0 Å². The summed E-state index contributed by atoms with van der Waals surface area (Å²) in [5.74, 6) is 0. The van der Waals surface area contributed by atoms with Gasteiger partial charge in [0.2, 0.25) is 0 Å². The molecule has 0 aromatic rings. The van der Waals surface area contributed by atoms with Crippen molar-refractivity contribution >= 4 is 0 Å². The van der Waals surface area contributed by atoms with Crippen LogP contribution in [0.25, 0.3) is 0 Å². The molecule has 0 radical (unpaired) electrons. The molecule has 2 aliphatic rings. The highest BCUT2D eigenvalue weighted by atomic mass is 16.5. The Morgan fingerprint density at radius 1 is 1.17 bits per heavy atom. The molecule has 0 aromatic carbocycles. The second kappa shape index (κ2) is 6.85. The zero-order chi connectivity index (χ0) is 12.8. The second-order valence-electron chi connectivity index (χ2n) is 5.88. The number of nitrogens with zero attached hydrogens (tertiary/aromatic N) is 1. The zero-order valence-electron chi connectivity index (χ0n) is 11.9. The van der Waals surface area contributed by atoms with Crippen LogP contribution in [0.4, 0.5) is 0 Å². The Morgan fingerprint density at radius 3 is 2.44 bits per heavy atom. The van der Waals surface area contributed by atoms with Crippen LogP contribution >= 0.6 is 0 Å². The number of ether oxygens (including phenoxy) is 2. The Kier molecular flexibility index (Phi) is 5.42. The Bertz CT molecular complexity index is 232. The predicted octanol–water partition coefficient (Wildman–Crippen LogP) is 1.11. The van der Waals surface area contributed by atoms with E-state index in [4.69, 9.17) is 9.47 Å². The largest absolute Gasteiger partial charge is 0.384 e. The maximum absolute atomic E-state index is 5.50. The Labute approximate surface area is 111 Å². The van der Waals surface area contributed by atoms with E-state index in [1.807, 2.05) is 7.11 Å². The van der Waals surface area contributed by atoms with Gasteiger partial charge >= 0.3 is 0 Å². The van der Waals surface area contributed by atoms with Gasteiger partial charge in [0.05, 0.1) is 13.2 Å². The Morgan fingerprint density at radius 2 is 1.89 bits per heavy atom. The molecular weight excluding hydrogens is 228 g/mol. The molecule has 1 aliphatic heterocycles. The summed E-state index contributed by atoms with van der Waals surface area (Å²) in [6.45, 7) is 6.25. The lowest BCUT2D eigenvalue weighted by Crippen LogP contribution is -2.48. The van der Waals surface area contributed by atoms with Crippen LogP contribution in [0.3, 0.4) is 0 Å². The minimum absolute atomic E-state index is 0.357. The molecule has 1 heterocycles. The van der Waals surface area contributed by atoms with Crippen molar-refractivity contribution in [2.75, 3.05) is 53.6 Å². The van der Waals surface area contributed by atoms with Crippen LogP contribution in [-0.2, 0) is 9.47 Å². The molecule has 0 unspecified atom stereocenters. The van der Waals surface area contributed by atoms with Gasteiger partial charge < -0.3 is 14.8 Å². The molecule has 106 valence electrons. The average Bonchev–Trinajstić information content (AvgIpc) is 3.20. The van der Waals surface area contributed by atoms with Gasteiger partial charge in [0.25, 0.3) is 0 Å². The third-order valence-electron chi connectivity index (χ3n) is 4.30. The van der Waals surface area contributed by atoms with E-state index in [2.05, 4.69) is 10.2 Å². The predicted molar refractivity (Wildman–Crippen MR) is 72.9 cm³/mol. The summed E-state index contributed by atoms with van der Waals surface area (Å²) in [6.07, 6.45) is 5.20. The molecule has 1 saturated heterocycles. The maximum Gasteiger partial charge on any atom is 0.0589 e. The highest BCUT2D eigenvalue weighted by Gasteiger charge is 2.38. The summed E-state index contributed by atoms with van der Waals surface area (Å²) in [5, 5.41) is 3.46. The van der Waals surface area contributed by atoms with Crippen molar-refractivity contribution in [2.45, 2.75) is 31.7 Å². The molecule has 4 nitrogen and oxygen atoms in total. The molecule has 1 N–H and O–H groups in total. The van der Waals surface area contributed by atoms with E-state index in [0.717, 1.165) is 38.9 Å². The summed E-state index contributed by atoms with van der Waals surface area (Å²) in [6, 6.07) is 0.809. The number of piperidine rings is 1. The maximum atomic E-state index is 5.50. The first-order chi connectivity index (χ1) is 8.79. The fourth-order valence-corrected chi connectivity index (χ4v) is 3.08. The molecule has 0 spiro atoms. The van der Waals surface area contributed by atoms with Gasteiger partial charge in [-0.15, -0.1) is 0 Å². The normalized spacial score (nSPS) is 23.5. The third kappa shape index (κ3) is 3.92. The quantitative estimate of drug-likeness (QED) is 0.705. The van der Waals surface area contributed by atoms with E-state index in [0.29, 0.717) is 5.41 Å². The van der Waals surface area contributed by atoms with Crippen molar-refractivity contribution < 1.29 is 9.47 Å². The van der Waals surface area contributed by atoms with E-state index < -0.39 is 0 Å². The summed E-state index contributed by atoms with van der Waals surface area (Å²) in [4.78, 5) is 2.63. The number of hydrogen-bond acceptors (Lipinski definition) is 4. The van der Waals surface area contributed by atoms with Crippen LogP contribution in [-0.4, -0.2) is 64.6 Å². The summed E-state index contributed by atoms with van der Waals surface area (Å²) in [7, 11) is 3.63. The minimum atomic E-state index is 0.357. The van der Waals surface area contributed by atoms with Crippen LogP contribution in [0.2, 0.25) is 0 Å². The van der Waals surface area contributed by atoms with Crippen LogP contribution < -0.4 is 5.32 Å². The Hall–Kier alpha value is -0.160. The van der Waals surface area contributed by atoms with Crippen molar-refractivity contribution in [1.29, 1.82) is 0 Å². The van der Waals surface area contributed by atoms with Crippen molar-refractivity contribution in [3.8, 4) is 0 Å². The highest BCUT2D eigenvalue weighted by molar-refractivity contribution is 4.92. The molecule has 4 heteroatoms. The molecule has 1 saturated carbocycles. The molecular formula is C14H28N2O2. The lowest BCUT2D eigenvalue weighted by molar-refractivity contribution is 0.0137. The van der Waals surface area contributed by atoms with E-state index in [1.54, 1.807) is 7.11 Å². The van der Waals surface area contributed by atoms with Crippen molar-refractivity contribution in [3.05, 3.63) is 0 Å². The third-order valence-corrected chi connectivity index (χ3v) is 4.30. The van der Waals surface area contributed by atoms with Gasteiger partial charge in [0.1, 0.15) is 0 Å². The molecule has 2 fully saturated rings. The number of hydrogen-bond donors (Lipinski definition) is 1. The lowest BCUT2D eigenvalue weighted by Gasteiger charge is -2.41. The molecule has 0 bridgehead atoms. The van der Waals surface area contributed by atoms with Crippen molar-refractivity contribution in [2.24, 2.45) is 5.41 Å². The van der Waals surface area contributed by atoms with Crippen molar-refractivity contribution in [1.82, 2.24) is 10.2 Å². The molecule has 0 aromatic heterocycles. The summed E-state index contributed by atoms with van der Waals surface area (Å²) >= 11 is 0. The standard InChI is InChI=1S/C14H28N2O2/c1-17-10-9-16(13-3-4-13)11-14(12-18-2)5-7-15-8-6-14/h13,15H,3-12H2,1-2H3. The molecule has 1 aliphatic carbocycles. The van der Waals surface area contributed by atoms with Gasteiger partial charge in [0, 0.05) is 38.8 Å². The van der Waals surface area contributed by atoms with Crippen LogP contribution in [0.5, 0.6) is 0 Å². The molecule has 0 amide bonds. The van der Waals surface area contributed by atoms with E-state index in [9.17, 15) is 0 Å². The van der Waals surface area contributed by atoms with Gasteiger partial charge in [-0.25, -0.2) is 0 Å². The molecule has 2 rings (SSSR count). The summed E-state index contributed by atoms with van der Waals surface area (Å²) in [5.41, 5.74) is 0.357. The van der Waals surface area contributed by atoms with Crippen LogP contribution in [0.15, 0.2) is 0 Å².